The summed E-state index contributed by atoms with van der Waals surface area (Å²) in [5.74, 6) is -0.215. The van der Waals surface area contributed by atoms with E-state index < -0.39 is 4.92 Å². The molecule has 1 aliphatic rings. The van der Waals surface area contributed by atoms with Crippen LogP contribution in [0.5, 0.6) is 5.75 Å². The molecule has 1 amide bonds. The van der Waals surface area contributed by atoms with E-state index in [-0.39, 0.29) is 23.0 Å². The van der Waals surface area contributed by atoms with E-state index in [0.29, 0.717) is 11.0 Å². The van der Waals surface area contributed by atoms with Gasteiger partial charge in [0, 0.05) is 11.3 Å². The van der Waals surface area contributed by atoms with Crippen molar-refractivity contribution in [3.63, 3.8) is 0 Å². The quantitative estimate of drug-likeness (QED) is 0.434. The predicted octanol–water partition coefficient (Wildman–Crippen LogP) is 1.72. The van der Waals surface area contributed by atoms with Crippen LogP contribution < -0.4 is 10.6 Å². The smallest absolute Gasteiger partial charge is 0.273 e. The van der Waals surface area contributed by atoms with Crippen LogP contribution in [0.15, 0.2) is 18.2 Å². The monoisotopic (exact) mass is 311 g/mol. The van der Waals surface area contributed by atoms with Crippen LogP contribution >= 0.6 is 11.8 Å². The first kappa shape index (κ1) is 15.6. The highest BCUT2D eigenvalue weighted by Crippen LogP contribution is 2.28. The summed E-state index contributed by atoms with van der Waals surface area (Å²) in [5.41, 5.74) is -0.0221. The van der Waals surface area contributed by atoms with E-state index in [1.807, 2.05) is 0 Å². The lowest BCUT2D eigenvalue weighted by Crippen LogP contribution is -2.30. The number of piperidine rings is 1. The van der Waals surface area contributed by atoms with Gasteiger partial charge < -0.3 is 15.7 Å². The molecule has 1 fully saturated rings. The molecule has 1 saturated heterocycles. The van der Waals surface area contributed by atoms with E-state index in [1.54, 1.807) is 11.8 Å². The van der Waals surface area contributed by atoms with Gasteiger partial charge in [-0.05, 0) is 32.0 Å². The number of carbonyl (C=O) groups excluding carboxylic acids is 1. The number of phenols is 1. The molecule has 1 heterocycles. The van der Waals surface area contributed by atoms with Crippen molar-refractivity contribution in [2.45, 2.75) is 18.1 Å². The molecule has 21 heavy (non-hydrogen) atoms. The number of phenolic OH excluding ortho intramolecular Hbond substituents is 1. The topological polar surface area (TPSA) is 104 Å². The number of aromatic hydroxyl groups is 1. The van der Waals surface area contributed by atoms with Crippen molar-refractivity contribution in [2.75, 3.05) is 24.2 Å². The fraction of sp³-hybridized carbons (Fsp3) is 0.462. The van der Waals surface area contributed by atoms with E-state index in [9.17, 15) is 20.0 Å². The number of hydrogen-bond donors (Lipinski definition) is 3. The van der Waals surface area contributed by atoms with Crippen molar-refractivity contribution in [3.8, 4) is 5.75 Å². The zero-order chi connectivity index (χ0) is 15.2. The second-order valence-corrected chi connectivity index (χ2v) is 6.06. The highest BCUT2D eigenvalue weighted by atomic mass is 32.2. The van der Waals surface area contributed by atoms with Crippen LogP contribution in [0.25, 0.3) is 0 Å². The van der Waals surface area contributed by atoms with Crippen molar-refractivity contribution in [3.05, 3.63) is 28.3 Å². The van der Waals surface area contributed by atoms with Crippen LogP contribution in [0.3, 0.4) is 0 Å². The molecule has 0 spiro atoms. The number of carbonyl (C=O) groups is 1. The van der Waals surface area contributed by atoms with E-state index in [0.717, 1.165) is 32.0 Å². The Balaban J connectivity index is 1.85. The Bertz CT molecular complexity index is 532. The third kappa shape index (κ3) is 4.61. The molecule has 0 atom stereocenters. The number of rotatable bonds is 5. The maximum atomic E-state index is 11.8. The number of nitro groups is 1. The minimum absolute atomic E-state index is 0.191. The van der Waals surface area contributed by atoms with Crippen LogP contribution in [0.4, 0.5) is 11.4 Å². The third-order valence-corrected chi connectivity index (χ3v) is 4.57. The van der Waals surface area contributed by atoms with Gasteiger partial charge in [0.25, 0.3) is 5.69 Å². The van der Waals surface area contributed by atoms with Crippen LogP contribution in [0.1, 0.15) is 12.8 Å². The number of anilines is 1. The van der Waals surface area contributed by atoms with Gasteiger partial charge in [-0.25, -0.2) is 0 Å². The molecule has 7 nitrogen and oxygen atoms in total. The average Bonchev–Trinajstić information content (AvgIpc) is 2.48. The van der Waals surface area contributed by atoms with Gasteiger partial charge in [-0.1, -0.05) is 0 Å². The Hall–Kier alpha value is -1.80. The fourth-order valence-corrected chi connectivity index (χ4v) is 3.11. The third-order valence-electron chi connectivity index (χ3n) is 3.20. The molecule has 0 aromatic heterocycles. The number of amides is 1. The Morgan fingerprint density at radius 1 is 1.48 bits per heavy atom. The van der Waals surface area contributed by atoms with Crippen molar-refractivity contribution in [2.24, 2.45) is 0 Å². The van der Waals surface area contributed by atoms with Gasteiger partial charge in [0.05, 0.1) is 22.4 Å². The summed E-state index contributed by atoms with van der Waals surface area (Å²) in [6, 6.07) is 3.60. The van der Waals surface area contributed by atoms with Gasteiger partial charge in [0.15, 0.2) is 0 Å². The van der Waals surface area contributed by atoms with E-state index >= 15 is 0 Å². The van der Waals surface area contributed by atoms with Crippen LogP contribution in [0.2, 0.25) is 0 Å². The Morgan fingerprint density at radius 3 is 2.81 bits per heavy atom. The lowest BCUT2D eigenvalue weighted by Gasteiger charge is -2.21. The summed E-state index contributed by atoms with van der Waals surface area (Å²) in [5, 5.41) is 26.5. The highest BCUT2D eigenvalue weighted by molar-refractivity contribution is 8.00. The normalized spacial score (nSPS) is 15.6. The molecule has 8 heteroatoms. The number of nitro benzene ring substituents is 1. The summed E-state index contributed by atoms with van der Waals surface area (Å²) >= 11 is 1.60. The highest BCUT2D eigenvalue weighted by Gasteiger charge is 2.16. The molecule has 1 aromatic carbocycles. The number of nitrogens with one attached hydrogen (secondary N) is 2. The molecule has 1 aromatic rings. The van der Waals surface area contributed by atoms with Crippen molar-refractivity contribution >= 4 is 29.0 Å². The minimum atomic E-state index is -0.599. The van der Waals surface area contributed by atoms with Gasteiger partial charge >= 0.3 is 0 Å². The number of thioether (sulfide) groups is 1. The molecular weight excluding hydrogens is 294 g/mol. The van der Waals surface area contributed by atoms with Crippen molar-refractivity contribution in [1.82, 2.24) is 5.32 Å². The Labute approximate surface area is 126 Å². The van der Waals surface area contributed by atoms with Gasteiger partial charge in [-0.2, -0.15) is 0 Å². The number of hydrogen-bond acceptors (Lipinski definition) is 6. The molecule has 2 rings (SSSR count). The zero-order valence-corrected chi connectivity index (χ0v) is 12.2. The van der Waals surface area contributed by atoms with Crippen molar-refractivity contribution < 1.29 is 14.8 Å². The second-order valence-electron chi connectivity index (χ2n) is 4.77. The van der Waals surface area contributed by atoms with E-state index in [1.165, 1.54) is 12.1 Å². The predicted molar refractivity (Wildman–Crippen MR) is 81.7 cm³/mol. The van der Waals surface area contributed by atoms with Crippen LogP contribution in [0, 0.1) is 10.1 Å². The number of non-ortho nitro benzene ring substituents is 1. The molecule has 114 valence electrons. The molecule has 1 aliphatic heterocycles. The van der Waals surface area contributed by atoms with Gasteiger partial charge in [-0.3, -0.25) is 14.9 Å². The molecule has 0 bridgehead atoms. The van der Waals surface area contributed by atoms with Gasteiger partial charge in [0.1, 0.15) is 5.75 Å². The summed E-state index contributed by atoms with van der Waals surface area (Å²) in [4.78, 5) is 21.8. The van der Waals surface area contributed by atoms with Gasteiger partial charge in [0.2, 0.25) is 5.91 Å². The van der Waals surface area contributed by atoms with Crippen LogP contribution in [-0.2, 0) is 4.79 Å². The lowest BCUT2D eigenvalue weighted by molar-refractivity contribution is -0.384. The molecule has 0 radical (unpaired) electrons. The summed E-state index contributed by atoms with van der Waals surface area (Å²) in [7, 11) is 0. The average molecular weight is 311 g/mol. The second kappa shape index (κ2) is 7.28. The summed E-state index contributed by atoms with van der Waals surface area (Å²) < 4.78 is 0. The number of nitrogens with zero attached hydrogens (tertiary/aromatic N) is 1. The summed E-state index contributed by atoms with van der Waals surface area (Å²) in [6.45, 7) is 1.95. The fourth-order valence-electron chi connectivity index (χ4n) is 2.08. The minimum Gasteiger partial charge on any atom is -0.506 e. The molecule has 0 aliphatic carbocycles. The van der Waals surface area contributed by atoms with Crippen LogP contribution in [-0.4, -0.2) is 40.0 Å². The standard InChI is InChI=1S/C13H17N3O4S/c17-12-7-9(16(19)20)1-2-11(12)15-13(18)8-21-10-3-5-14-6-4-10/h1-2,7,10,14,17H,3-6,8H2,(H,15,18). The molecule has 0 unspecified atom stereocenters. The SMILES string of the molecule is O=C(CSC1CCNCC1)Nc1ccc([N+](=O)[O-])cc1O. The van der Waals surface area contributed by atoms with E-state index in [2.05, 4.69) is 10.6 Å². The Kier molecular flexibility index (Phi) is 5.40. The van der Waals surface area contributed by atoms with E-state index in [4.69, 9.17) is 0 Å². The number of benzene rings is 1. The van der Waals surface area contributed by atoms with Gasteiger partial charge in [-0.15, -0.1) is 11.8 Å². The first-order chi connectivity index (χ1) is 10.1. The molecular formula is C13H17N3O4S. The molecule has 3 N–H and O–H groups in total. The molecule has 0 saturated carbocycles. The first-order valence-electron chi connectivity index (χ1n) is 6.66. The maximum Gasteiger partial charge on any atom is 0.273 e. The Morgan fingerprint density at radius 2 is 2.19 bits per heavy atom. The summed E-state index contributed by atoms with van der Waals surface area (Å²) in [6.07, 6.45) is 2.08. The van der Waals surface area contributed by atoms with Crippen molar-refractivity contribution in [1.29, 1.82) is 0 Å². The lowest BCUT2D eigenvalue weighted by atomic mass is 10.2. The maximum absolute atomic E-state index is 11.8. The largest absolute Gasteiger partial charge is 0.506 e. The first-order valence-corrected chi connectivity index (χ1v) is 7.70. The zero-order valence-electron chi connectivity index (χ0n) is 11.4.